The van der Waals surface area contributed by atoms with Gasteiger partial charge in [0, 0.05) is 23.8 Å². The first-order valence-electron chi connectivity index (χ1n) is 11.3. The second-order valence-corrected chi connectivity index (χ2v) is 8.62. The number of nitrogens with one attached hydrogen (secondary N) is 1. The number of aromatic nitrogens is 2. The van der Waals surface area contributed by atoms with Gasteiger partial charge in [-0.15, -0.1) is 0 Å². The number of carbonyl (C=O) groups excluding carboxylic acids is 1. The number of fused-ring (bicyclic) bond motifs is 2. The van der Waals surface area contributed by atoms with Crippen molar-refractivity contribution in [3.8, 4) is 11.5 Å². The Labute approximate surface area is 186 Å². The molecule has 0 unspecified atom stereocenters. The minimum atomic E-state index is -0.107. The lowest BCUT2D eigenvalue weighted by Gasteiger charge is -2.31. The molecule has 32 heavy (non-hydrogen) atoms. The van der Waals surface area contributed by atoms with Crippen LogP contribution in [-0.2, 0) is 16.8 Å². The second-order valence-electron chi connectivity index (χ2n) is 8.62. The van der Waals surface area contributed by atoms with E-state index >= 15 is 0 Å². The van der Waals surface area contributed by atoms with Gasteiger partial charge in [0.1, 0.15) is 13.2 Å². The molecule has 7 nitrogen and oxygen atoms in total. The Bertz CT molecular complexity index is 1200. The zero-order valence-corrected chi connectivity index (χ0v) is 18.0. The summed E-state index contributed by atoms with van der Waals surface area (Å²) in [5, 5.41) is 7.99. The molecule has 1 amide bonds. The molecule has 0 atom stereocenters. The number of rotatable bonds is 6. The molecule has 0 bridgehead atoms. The van der Waals surface area contributed by atoms with Gasteiger partial charge >= 0.3 is 0 Å². The summed E-state index contributed by atoms with van der Waals surface area (Å²) in [4.78, 5) is 24.7. The summed E-state index contributed by atoms with van der Waals surface area (Å²) in [6.45, 7) is 2.16. The van der Waals surface area contributed by atoms with Gasteiger partial charge in [0.15, 0.2) is 11.5 Å². The number of benzene rings is 2. The van der Waals surface area contributed by atoms with E-state index in [-0.39, 0.29) is 16.8 Å². The van der Waals surface area contributed by atoms with Crippen molar-refractivity contribution < 1.29 is 14.3 Å². The Kier molecular flexibility index (Phi) is 5.55. The van der Waals surface area contributed by atoms with E-state index in [1.165, 1.54) is 11.8 Å². The van der Waals surface area contributed by atoms with Crippen molar-refractivity contribution in [3.63, 3.8) is 0 Å². The minimum absolute atomic E-state index is 0.0154. The molecule has 1 aliphatic carbocycles. The molecule has 5 rings (SSSR count). The average molecular weight is 434 g/mol. The highest BCUT2D eigenvalue weighted by atomic mass is 16.6. The molecule has 1 aliphatic heterocycles. The van der Waals surface area contributed by atoms with Crippen LogP contribution in [0.3, 0.4) is 0 Å². The highest BCUT2D eigenvalue weighted by Gasteiger charge is 2.36. The van der Waals surface area contributed by atoms with Crippen molar-refractivity contribution in [1.82, 2.24) is 15.1 Å². The van der Waals surface area contributed by atoms with E-state index < -0.39 is 0 Å². The molecule has 0 saturated heterocycles. The fourth-order valence-corrected chi connectivity index (χ4v) is 4.90. The topological polar surface area (TPSA) is 82.5 Å². The van der Waals surface area contributed by atoms with Gasteiger partial charge in [0.25, 0.3) is 0 Å². The molecule has 7 heteroatoms. The fraction of sp³-hybridized carbons (Fsp3) is 0.400. The maximum absolute atomic E-state index is 12.7. The van der Waals surface area contributed by atoms with E-state index in [1.54, 1.807) is 10.7 Å². The van der Waals surface area contributed by atoms with Crippen molar-refractivity contribution in [1.29, 1.82) is 0 Å². The molecule has 3 aromatic rings. The summed E-state index contributed by atoms with van der Waals surface area (Å²) >= 11 is 0. The number of amides is 1. The predicted octanol–water partition coefficient (Wildman–Crippen LogP) is 3.19. The fourth-order valence-electron chi connectivity index (χ4n) is 4.90. The Morgan fingerprint density at radius 2 is 1.84 bits per heavy atom. The molecule has 1 saturated carbocycles. The van der Waals surface area contributed by atoms with Gasteiger partial charge in [0.2, 0.25) is 11.3 Å². The Balaban J connectivity index is 1.27. The molecule has 0 spiro atoms. The maximum Gasteiger partial charge on any atom is 0.221 e. The van der Waals surface area contributed by atoms with Crippen LogP contribution in [0.25, 0.3) is 10.9 Å². The smallest absolute Gasteiger partial charge is 0.221 e. The van der Waals surface area contributed by atoms with Gasteiger partial charge in [0.05, 0.1) is 18.3 Å². The number of hydrogen-bond acceptors (Lipinski definition) is 5. The zero-order chi connectivity index (χ0) is 22.0. The molecular formula is C25H27N3O4. The first kappa shape index (κ1) is 20.5. The standard InChI is InChI=1S/C25H27N3O4/c29-21-16-27-28(20-6-2-1-5-19(20)21)12-9-24(30)26-17-25(10-3-4-11-25)18-7-8-22-23(15-18)32-14-13-31-22/h1-2,5-8,15-16H,3-4,9-14,17H2,(H,26,30). The van der Waals surface area contributed by atoms with Crippen molar-refractivity contribution in [3.05, 3.63) is 64.4 Å². The Morgan fingerprint density at radius 3 is 2.69 bits per heavy atom. The van der Waals surface area contributed by atoms with Crippen LogP contribution in [0.4, 0.5) is 0 Å². The SMILES string of the molecule is O=C(CCn1ncc(=O)c2ccccc21)NCC1(c2ccc3c(c2)OCCO3)CCCC1. The summed E-state index contributed by atoms with van der Waals surface area (Å²) in [7, 11) is 0. The molecule has 1 aromatic heterocycles. The van der Waals surface area contributed by atoms with Crippen LogP contribution in [0.2, 0.25) is 0 Å². The van der Waals surface area contributed by atoms with Crippen molar-refractivity contribution in [2.24, 2.45) is 0 Å². The van der Waals surface area contributed by atoms with Crippen LogP contribution < -0.4 is 20.2 Å². The van der Waals surface area contributed by atoms with Gasteiger partial charge in [-0.3, -0.25) is 14.3 Å². The van der Waals surface area contributed by atoms with Crippen LogP contribution in [-0.4, -0.2) is 35.4 Å². The summed E-state index contributed by atoms with van der Waals surface area (Å²) in [6, 6.07) is 13.5. The molecule has 2 aromatic carbocycles. The normalized spacial score (nSPS) is 16.8. The molecular weight excluding hydrogens is 406 g/mol. The Hall–Kier alpha value is -3.35. The molecule has 2 heterocycles. The quantitative estimate of drug-likeness (QED) is 0.646. The van der Waals surface area contributed by atoms with Gasteiger partial charge in [-0.2, -0.15) is 5.10 Å². The number of para-hydroxylation sites is 1. The van der Waals surface area contributed by atoms with Crippen molar-refractivity contribution in [2.75, 3.05) is 19.8 Å². The number of carbonyl (C=O) groups is 1. The first-order chi connectivity index (χ1) is 15.6. The van der Waals surface area contributed by atoms with E-state index in [9.17, 15) is 9.59 Å². The van der Waals surface area contributed by atoms with Crippen molar-refractivity contribution >= 4 is 16.8 Å². The highest BCUT2D eigenvalue weighted by Crippen LogP contribution is 2.43. The predicted molar refractivity (Wildman–Crippen MR) is 121 cm³/mol. The lowest BCUT2D eigenvalue weighted by Crippen LogP contribution is -2.39. The minimum Gasteiger partial charge on any atom is -0.486 e. The number of aryl methyl sites for hydroxylation is 1. The molecule has 166 valence electrons. The Morgan fingerprint density at radius 1 is 1.06 bits per heavy atom. The maximum atomic E-state index is 12.7. The van der Waals surface area contributed by atoms with Crippen LogP contribution in [0.5, 0.6) is 11.5 Å². The first-order valence-corrected chi connectivity index (χ1v) is 11.3. The van der Waals surface area contributed by atoms with Crippen LogP contribution >= 0.6 is 0 Å². The van der Waals surface area contributed by atoms with Crippen molar-refractivity contribution in [2.45, 2.75) is 44.1 Å². The van der Waals surface area contributed by atoms with Gasteiger partial charge in [-0.25, -0.2) is 0 Å². The monoisotopic (exact) mass is 433 g/mol. The van der Waals surface area contributed by atoms with Gasteiger partial charge in [-0.1, -0.05) is 31.0 Å². The zero-order valence-electron chi connectivity index (χ0n) is 18.0. The number of hydrogen-bond donors (Lipinski definition) is 1. The highest BCUT2D eigenvalue weighted by molar-refractivity contribution is 5.79. The van der Waals surface area contributed by atoms with E-state index in [1.807, 2.05) is 24.3 Å². The number of nitrogens with zero attached hydrogens (tertiary/aromatic N) is 2. The molecule has 2 aliphatic rings. The summed E-state index contributed by atoms with van der Waals surface area (Å²) in [5.41, 5.74) is 1.77. The van der Waals surface area contributed by atoms with Gasteiger partial charge < -0.3 is 14.8 Å². The van der Waals surface area contributed by atoms with E-state index in [0.717, 1.165) is 42.7 Å². The number of ether oxygens (including phenoxy) is 2. The van der Waals surface area contributed by atoms with E-state index in [0.29, 0.717) is 38.1 Å². The molecule has 1 fully saturated rings. The summed E-state index contributed by atoms with van der Waals surface area (Å²) < 4.78 is 13.2. The van der Waals surface area contributed by atoms with Crippen LogP contribution in [0.15, 0.2) is 53.5 Å². The third kappa shape index (κ3) is 3.95. The lowest BCUT2D eigenvalue weighted by atomic mass is 9.78. The second kappa shape index (κ2) is 8.65. The van der Waals surface area contributed by atoms with E-state index in [4.69, 9.17) is 9.47 Å². The third-order valence-corrected chi connectivity index (χ3v) is 6.65. The summed E-state index contributed by atoms with van der Waals surface area (Å²) in [5.74, 6) is 1.57. The van der Waals surface area contributed by atoms with Gasteiger partial charge in [-0.05, 0) is 42.7 Å². The van der Waals surface area contributed by atoms with Crippen LogP contribution in [0, 0.1) is 0 Å². The van der Waals surface area contributed by atoms with Crippen LogP contribution in [0.1, 0.15) is 37.7 Å². The largest absolute Gasteiger partial charge is 0.486 e. The lowest BCUT2D eigenvalue weighted by molar-refractivity contribution is -0.121. The van der Waals surface area contributed by atoms with E-state index in [2.05, 4.69) is 22.5 Å². The molecule has 0 radical (unpaired) electrons. The average Bonchev–Trinajstić information content (AvgIpc) is 3.32. The summed E-state index contributed by atoms with van der Waals surface area (Å²) in [6.07, 6.45) is 6.00. The molecule has 1 N–H and O–H groups in total. The third-order valence-electron chi connectivity index (χ3n) is 6.65.